The summed E-state index contributed by atoms with van der Waals surface area (Å²) >= 11 is 3.27. The summed E-state index contributed by atoms with van der Waals surface area (Å²) in [6.45, 7) is 3.95. The van der Waals surface area contributed by atoms with Crippen LogP contribution in [-0.2, 0) is 16.6 Å². The lowest BCUT2D eigenvalue weighted by Crippen LogP contribution is -2.16. The Morgan fingerprint density at radius 2 is 2.05 bits per heavy atom. The first-order chi connectivity index (χ1) is 9.85. The molecule has 0 aliphatic rings. The molecule has 5 nitrogen and oxygen atoms in total. The highest BCUT2D eigenvalue weighted by Crippen LogP contribution is 2.26. The average Bonchev–Trinajstić information content (AvgIpc) is 2.43. The van der Waals surface area contributed by atoms with Crippen LogP contribution in [0.1, 0.15) is 16.7 Å². The zero-order chi connectivity index (χ0) is 15.6. The molecule has 112 valence electrons. The van der Waals surface area contributed by atoms with Crippen molar-refractivity contribution in [2.45, 2.75) is 25.3 Å². The standard InChI is InChI=1S/C14H16BrN3O2S/c1-9-5-11(7-16)6-14(10(9)2)21(19,20)18-13-3-4-17-8-12(13)15/h3-6,8H,7,16H2,1-2H3,(H,17,18). The normalized spacial score (nSPS) is 11.4. The van der Waals surface area contributed by atoms with Gasteiger partial charge in [-0.2, -0.15) is 0 Å². The molecule has 0 bridgehead atoms. The molecule has 0 unspecified atom stereocenters. The Morgan fingerprint density at radius 3 is 2.67 bits per heavy atom. The van der Waals surface area contributed by atoms with Crippen LogP contribution in [0.2, 0.25) is 0 Å². The van der Waals surface area contributed by atoms with Gasteiger partial charge < -0.3 is 5.73 Å². The zero-order valence-corrected chi connectivity index (χ0v) is 14.1. The van der Waals surface area contributed by atoms with E-state index in [9.17, 15) is 8.42 Å². The molecule has 0 aliphatic carbocycles. The van der Waals surface area contributed by atoms with E-state index in [4.69, 9.17) is 5.73 Å². The zero-order valence-electron chi connectivity index (χ0n) is 11.7. The number of nitrogens with zero attached hydrogens (tertiary/aromatic N) is 1. The fourth-order valence-corrected chi connectivity index (χ4v) is 3.88. The summed E-state index contributed by atoms with van der Waals surface area (Å²) in [5.74, 6) is 0. The molecule has 0 spiro atoms. The van der Waals surface area contributed by atoms with Crippen LogP contribution < -0.4 is 10.5 Å². The Kier molecular flexibility index (Phi) is 4.65. The van der Waals surface area contributed by atoms with Crippen LogP contribution >= 0.6 is 15.9 Å². The van der Waals surface area contributed by atoms with E-state index in [-0.39, 0.29) is 4.90 Å². The Balaban J connectivity index is 2.50. The first kappa shape index (κ1) is 15.9. The number of aromatic nitrogens is 1. The lowest BCUT2D eigenvalue weighted by atomic mass is 10.1. The van der Waals surface area contributed by atoms with Crippen molar-refractivity contribution in [3.63, 3.8) is 0 Å². The van der Waals surface area contributed by atoms with E-state index in [2.05, 4.69) is 25.6 Å². The molecule has 2 aromatic rings. The van der Waals surface area contributed by atoms with Crippen LogP contribution in [0.5, 0.6) is 0 Å². The van der Waals surface area contributed by atoms with Crippen molar-refractivity contribution in [2.24, 2.45) is 5.73 Å². The number of sulfonamides is 1. The summed E-state index contributed by atoms with van der Waals surface area (Å²) in [5.41, 5.74) is 8.46. The Hall–Kier alpha value is -1.44. The molecule has 1 aromatic heterocycles. The fourth-order valence-electron chi connectivity index (χ4n) is 1.95. The minimum Gasteiger partial charge on any atom is -0.326 e. The highest BCUT2D eigenvalue weighted by Gasteiger charge is 2.20. The molecule has 0 amide bonds. The van der Waals surface area contributed by atoms with Gasteiger partial charge in [-0.25, -0.2) is 8.42 Å². The van der Waals surface area contributed by atoms with Gasteiger partial charge in [-0.3, -0.25) is 9.71 Å². The lowest BCUT2D eigenvalue weighted by molar-refractivity contribution is 0.600. The van der Waals surface area contributed by atoms with E-state index in [1.165, 1.54) is 12.4 Å². The first-order valence-electron chi connectivity index (χ1n) is 6.27. The number of hydrogen-bond acceptors (Lipinski definition) is 4. The van der Waals surface area contributed by atoms with Gasteiger partial charge in [-0.1, -0.05) is 6.07 Å². The summed E-state index contributed by atoms with van der Waals surface area (Å²) in [7, 11) is -3.68. The van der Waals surface area contributed by atoms with Crippen molar-refractivity contribution in [1.82, 2.24) is 4.98 Å². The van der Waals surface area contributed by atoms with Crippen molar-refractivity contribution in [1.29, 1.82) is 0 Å². The summed E-state index contributed by atoms with van der Waals surface area (Å²) in [5, 5.41) is 0. The van der Waals surface area contributed by atoms with E-state index < -0.39 is 10.0 Å². The summed E-state index contributed by atoms with van der Waals surface area (Å²) in [4.78, 5) is 4.15. The van der Waals surface area contributed by atoms with E-state index in [0.29, 0.717) is 22.3 Å². The maximum atomic E-state index is 12.6. The summed E-state index contributed by atoms with van der Waals surface area (Å²) < 4.78 is 28.4. The highest BCUT2D eigenvalue weighted by atomic mass is 79.9. The molecule has 0 saturated carbocycles. The van der Waals surface area contributed by atoms with Crippen molar-refractivity contribution in [3.05, 3.63) is 51.8 Å². The number of anilines is 1. The predicted molar refractivity (Wildman–Crippen MR) is 86.6 cm³/mol. The third kappa shape index (κ3) is 3.42. The monoisotopic (exact) mass is 369 g/mol. The van der Waals surface area contributed by atoms with Crippen molar-refractivity contribution < 1.29 is 8.42 Å². The molecule has 0 saturated heterocycles. The first-order valence-corrected chi connectivity index (χ1v) is 8.55. The number of pyridine rings is 1. The number of nitrogens with two attached hydrogens (primary N) is 1. The van der Waals surface area contributed by atoms with Gasteiger partial charge in [0.25, 0.3) is 10.0 Å². The molecule has 0 fully saturated rings. The van der Waals surface area contributed by atoms with Gasteiger partial charge in [0.2, 0.25) is 0 Å². The van der Waals surface area contributed by atoms with E-state index in [1.807, 2.05) is 13.0 Å². The number of halogens is 1. The Bertz CT molecular complexity index is 776. The van der Waals surface area contributed by atoms with E-state index in [1.54, 1.807) is 19.1 Å². The summed E-state index contributed by atoms with van der Waals surface area (Å²) in [6, 6.07) is 5.10. The van der Waals surface area contributed by atoms with Crippen molar-refractivity contribution >= 4 is 31.6 Å². The fraction of sp³-hybridized carbons (Fsp3) is 0.214. The molecule has 0 aliphatic heterocycles. The second kappa shape index (κ2) is 6.13. The van der Waals surface area contributed by atoms with E-state index in [0.717, 1.165) is 11.1 Å². The van der Waals surface area contributed by atoms with Gasteiger partial charge in [0.05, 0.1) is 15.1 Å². The predicted octanol–water partition coefficient (Wildman–Crippen LogP) is 2.72. The van der Waals surface area contributed by atoms with Gasteiger partial charge >= 0.3 is 0 Å². The molecular weight excluding hydrogens is 354 g/mol. The Labute approximate surface area is 132 Å². The van der Waals surface area contributed by atoms with Crippen LogP contribution in [0, 0.1) is 13.8 Å². The van der Waals surface area contributed by atoms with Crippen LogP contribution in [0.4, 0.5) is 5.69 Å². The molecule has 2 rings (SSSR count). The smallest absolute Gasteiger partial charge is 0.262 e. The van der Waals surface area contributed by atoms with Crippen LogP contribution in [-0.4, -0.2) is 13.4 Å². The maximum Gasteiger partial charge on any atom is 0.262 e. The molecule has 0 atom stereocenters. The number of nitrogens with one attached hydrogen (secondary N) is 1. The third-order valence-corrected chi connectivity index (χ3v) is 5.35. The van der Waals surface area contributed by atoms with Gasteiger partial charge in [-0.05, 0) is 58.6 Å². The van der Waals surface area contributed by atoms with E-state index >= 15 is 0 Å². The maximum absolute atomic E-state index is 12.6. The molecule has 0 radical (unpaired) electrons. The lowest BCUT2D eigenvalue weighted by Gasteiger charge is -2.14. The van der Waals surface area contributed by atoms with Gasteiger partial charge in [0.1, 0.15) is 0 Å². The molecule has 3 N–H and O–H groups in total. The third-order valence-electron chi connectivity index (χ3n) is 3.22. The number of benzene rings is 1. The highest BCUT2D eigenvalue weighted by molar-refractivity contribution is 9.10. The number of aryl methyl sites for hydroxylation is 1. The molecule has 1 aromatic carbocycles. The average molecular weight is 370 g/mol. The van der Waals surface area contributed by atoms with Crippen molar-refractivity contribution in [2.75, 3.05) is 4.72 Å². The van der Waals surface area contributed by atoms with Crippen LogP contribution in [0.3, 0.4) is 0 Å². The van der Waals surface area contributed by atoms with Crippen LogP contribution in [0.15, 0.2) is 40.0 Å². The SMILES string of the molecule is Cc1cc(CN)cc(S(=O)(=O)Nc2ccncc2Br)c1C. The van der Waals surface area contributed by atoms with Crippen LogP contribution in [0.25, 0.3) is 0 Å². The van der Waals surface area contributed by atoms with Gasteiger partial charge in [0.15, 0.2) is 0 Å². The molecule has 1 heterocycles. The second-order valence-corrected chi connectivity index (χ2v) is 7.21. The quantitative estimate of drug-likeness (QED) is 0.867. The minimum atomic E-state index is -3.68. The summed E-state index contributed by atoms with van der Waals surface area (Å²) in [6.07, 6.45) is 3.06. The molecule has 7 heteroatoms. The number of rotatable bonds is 4. The molecular formula is C14H16BrN3O2S. The number of hydrogen-bond donors (Lipinski definition) is 2. The van der Waals surface area contributed by atoms with Gasteiger partial charge in [-0.15, -0.1) is 0 Å². The topological polar surface area (TPSA) is 85.1 Å². The molecule has 21 heavy (non-hydrogen) atoms. The Morgan fingerprint density at radius 1 is 1.33 bits per heavy atom. The minimum absolute atomic E-state index is 0.242. The largest absolute Gasteiger partial charge is 0.326 e. The van der Waals surface area contributed by atoms with Gasteiger partial charge in [0, 0.05) is 18.9 Å². The second-order valence-electron chi connectivity index (χ2n) is 4.70. The van der Waals surface area contributed by atoms with Crippen molar-refractivity contribution in [3.8, 4) is 0 Å².